The molecule has 0 aromatic heterocycles. The fraction of sp³-hybridized carbons (Fsp3) is 0.800. The third-order valence-corrected chi connectivity index (χ3v) is 8.22. The van der Waals surface area contributed by atoms with Crippen molar-refractivity contribution in [1.82, 2.24) is 0 Å². The molecule has 23 heavy (non-hydrogen) atoms. The zero-order valence-electron chi connectivity index (χ0n) is 14.5. The van der Waals surface area contributed by atoms with Crippen molar-refractivity contribution in [2.24, 2.45) is 28.6 Å². The van der Waals surface area contributed by atoms with Gasteiger partial charge in [0.15, 0.2) is 5.78 Å². The lowest BCUT2D eigenvalue weighted by atomic mass is 9.46. The first-order valence-electron chi connectivity index (χ1n) is 9.18. The lowest BCUT2D eigenvalue weighted by molar-refractivity contribution is -0.157. The maximum absolute atomic E-state index is 13.2. The van der Waals surface area contributed by atoms with Gasteiger partial charge in [0.2, 0.25) is 0 Å². The molecule has 0 aliphatic heterocycles. The summed E-state index contributed by atoms with van der Waals surface area (Å²) in [5, 5.41) is 10.9. The molecule has 126 valence electrons. The van der Waals surface area contributed by atoms with Gasteiger partial charge in [-0.25, -0.2) is 0 Å². The minimum atomic E-state index is -0.724. The molecule has 4 aliphatic rings. The van der Waals surface area contributed by atoms with Crippen LogP contribution in [0.3, 0.4) is 0 Å². The summed E-state index contributed by atoms with van der Waals surface area (Å²) >= 11 is 0. The molecule has 6 atom stereocenters. The van der Waals surface area contributed by atoms with Gasteiger partial charge in [0.1, 0.15) is 5.78 Å². The zero-order valence-corrected chi connectivity index (χ0v) is 14.5. The van der Waals surface area contributed by atoms with Crippen LogP contribution in [0.1, 0.15) is 65.7 Å². The summed E-state index contributed by atoms with van der Waals surface area (Å²) in [7, 11) is 0. The molecule has 0 aromatic rings. The quantitative estimate of drug-likeness (QED) is 0.745. The Morgan fingerprint density at radius 1 is 1.09 bits per heavy atom. The first-order chi connectivity index (χ1) is 10.7. The molecule has 0 radical (unpaired) electrons. The van der Waals surface area contributed by atoms with Crippen molar-refractivity contribution in [3.63, 3.8) is 0 Å². The molecule has 3 nitrogen and oxygen atoms in total. The summed E-state index contributed by atoms with van der Waals surface area (Å²) in [6.07, 6.45) is 7.54. The molecule has 0 bridgehead atoms. The summed E-state index contributed by atoms with van der Waals surface area (Å²) in [6, 6.07) is 0. The van der Waals surface area contributed by atoms with E-state index in [0.717, 1.165) is 32.1 Å². The van der Waals surface area contributed by atoms with E-state index in [0.29, 0.717) is 30.5 Å². The van der Waals surface area contributed by atoms with E-state index < -0.39 is 5.60 Å². The molecule has 3 saturated carbocycles. The van der Waals surface area contributed by atoms with Crippen LogP contribution in [0.4, 0.5) is 0 Å². The van der Waals surface area contributed by atoms with Crippen molar-refractivity contribution in [2.75, 3.05) is 0 Å². The minimum absolute atomic E-state index is 0.0579. The van der Waals surface area contributed by atoms with Gasteiger partial charge in [-0.2, -0.15) is 0 Å². The highest BCUT2D eigenvalue weighted by atomic mass is 16.3. The van der Waals surface area contributed by atoms with Gasteiger partial charge in [-0.1, -0.05) is 19.4 Å². The second kappa shape index (κ2) is 4.56. The van der Waals surface area contributed by atoms with Gasteiger partial charge in [0, 0.05) is 24.2 Å². The second-order valence-corrected chi connectivity index (χ2v) is 9.21. The van der Waals surface area contributed by atoms with Gasteiger partial charge >= 0.3 is 0 Å². The second-order valence-electron chi connectivity index (χ2n) is 9.21. The fourth-order valence-corrected chi connectivity index (χ4v) is 6.60. The Labute approximate surface area is 138 Å². The number of allylic oxidation sites excluding steroid dienone is 1. The maximum Gasteiger partial charge on any atom is 0.155 e. The predicted molar refractivity (Wildman–Crippen MR) is 87.7 cm³/mol. The summed E-state index contributed by atoms with van der Waals surface area (Å²) in [4.78, 5) is 25.0. The van der Waals surface area contributed by atoms with Gasteiger partial charge in [0.05, 0.1) is 5.60 Å². The molecule has 3 heteroatoms. The van der Waals surface area contributed by atoms with Crippen LogP contribution in [0.15, 0.2) is 11.6 Å². The van der Waals surface area contributed by atoms with Gasteiger partial charge in [0.25, 0.3) is 0 Å². The van der Waals surface area contributed by atoms with Gasteiger partial charge in [-0.05, 0) is 62.4 Å². The normalized spacial score (nSPS) is 52.5. The van der Waals surface area contributed by atoms with E-state index in [9.17, 15) is 14.7 Å². The van der Waals surface area contributed by atoms with Crippen LogP contribution < -0.4 is 0 Å². The summed E-state index contributed by atoms with van der Waals surface area (Å²) < 4.78 is 0. The van der Waals surface area contributed by atoms with Gasteiger partial charge in [-0.3, -0.25) is 9.59 Å². The fourth-order valence-electron chi connectivity index (χ4n) is 6.60. The first-order valence-corrected chi connectivity index (χ1v) is 9.18. The summed E-state index contributed by atoms with van der Waals surface area (Å²) in [5.74, 6) is 1.44. The van der Waals surface area contributed by atoms with Crippen molar-refractivity contribution >= 4 is 11.6 Å². The molecule has 0 spiro atoms. The molecular weight excluding hydrogens is 288 g/mol. The number of aliphatic hydroxyl groups is 1. The van der Waals surface area contributed by atoms with Crippen molar-refractivity contribution in [3.05, 3.63) is 11.6 Å². The van der Waals surface area contributed by atoms with Crippen LogP contribution in [0, 0.1) is 28.6 Å². The van der Waals surface area contributed by atoms with Crippen LogP contribution in [-0.2, 0) is 9.59 Å². The van der Waals surface area contributed by atoms with E-state index >= 15 is 0 Å². The van der Waals surface area contributed by atoms with E-state index in [2.05, 4.69) is 13.8 Å². The lowest BCUT2D eigenvalue weighted by Gasteiger charge is -2.57. The van der Waals surface area contributed by atoms with Crippen molar-refractivity contribution in [3.8, 4) is 0 Å². The number of rotatable bonds is 0. The SMILES string of the molecule is C[C@]12CCC(=O)C=C1CC[C@@H]1[C@@H]2C(=O)C[C@@]2(C)[C@H]1CC[C@]2(C)O. The highest BCUT2D eigenvalue weighted by molar-refractivity contribution is 5.93. The van der Waals surface area contributed by atoms with Crippen LogP contribution in [-0.4, -0.2) is 22.3 Å². The van der Waals surface area contributed by atoms with Gasteiger partial charge in [-0.15, -0.1) is 0 Å². The number of carbonyl (C=O) groups is 2. The van der Waals surface area contributed by atoms with Crippen LogP contribution in [0.25, 0.3) is 0 Å². The van der Waals surface area contributed by atoms with E-state index in [-0.39, 0.29) is 22.5 Å². The van der Waals surface area contributed by atoms with E-state index in [4.69, 9.17) is 0 Å². The van der Waals surface area contributed by atoms with Crippen molar-refractivity contribution < 1.29 is 14.7 Å². The minimum Gasteiger partial charge on any atom is -0.390 e. The number of carbonyl (C=O) groups excluding carboxylic acids is 2. The molecule has 0 heterocycles. The molecular formula is C20H28O3. The third-order valence-electron chi connectivity index (χ3n) is 8.22. The molecule has 4 aliphatic carbocycles. The van der Waals surface area contributed by atoms with Crippen LogP contribution in [0.2, 0.25) is 0 Å². The average Bonchev–Trinajstić information content (AvgIpc) is 2.69. The van der Waals surface area contributed by atoms with Gasteiger partial charge < -0.3 is 5.11 Å². The highest BCUT2D eigenvalue weighted by Crippen LogP contribution is 2.66. The molecule has 0 aromatic carbocycles. The standard InChI is InChI=1S/C20H28O3/c1-18-8-6-13(21)10-12(18)4-5-14-15-7-9-20(3,23)19(15,2)11-16(22)17(14)18/h10,14-15,17,23H,4-9,11H2,1-3H3/t14-,15-,17+,18-,19-,20-/m0/s1. The third kappa shape index (κ3) is 1.86. The van der Waals surface area contributed by atoms with E-state index in [1.807, 2.05) is 13.0 Å². The zero-order chi connectivity index (χ0) is 16.6. The molecule has 0 saturated heterocycles. The topological polar surface area (TPSA) is 54.4 Å². The Kier molecular flexibility index (Phi) is 3.09. The number of hydrogen-bond acceptors (Lipinski definition) is 3. The Morgan fingerprint density at radius 3 is 2.57 bits per heavy atom. The summed E-state index contributed by atoms with van der Waals surface area (Å²) in [5.41, 5.74) is 0.103. The van der Waals surface area contributed by atoms with Crippen LogP contribution >= 0.6 is 0 Å². The molecule has 0 unspecified atom stereocenters. The largest absolute Gasteiger partial charge is 0.390 e. The Balaban J connectivity index is 1.77. The predicted octanol–water partition coefficient (Wildman–Crippen LogP) is 3.45. The number of Topliss-reactive ketones (excluding diaryl/α,β-unsaturated/α-hetero) is 1. The Morgan fingerprint density at radius 2 is 1.83 bits per heavy atom. The molecule has 0 amide bonds. The monoisotopic (exact) mass is 316 g/mol. The van der Waals surface area contributed by atoms with Crippen LogP contribution in [0.5, 0.6) is 0 Å². The lowest BCUT2D eigenvalue weighted by Crippen LogP contribution is -2.57. The maximum atomic E-state index is 13.2. The van der Waals surface area contributed by atoms with Crippen molar-refractivity contribution in [1.29, 1.82) is 0 Å². The number of ketones is 2. The molecule has 1 N–H and O–H groups in total. The van der Waals surface area contributed by atoms with E-state index in [1.54, 1.807) is 0 Å². The molecule has 4 rings (SSSR count). The average molecular weight is 316 g/mol. The Bertz CT molecular complexity index is 616. The van der Waals surface area contributed by atoms with Crippen molar-refractivity contribution in [2.45, 2.75) is 71.3 Å². The highest BCUT2D eigenvalue weighted by Gasteiger charge is 2.65. The Hall–Kier alpha value is -0.960. The van der Waals surface area contributed by atoms with E-state index in [1.165, 1.54) is 5.57 Å². The first kappa shape index (κ1) is 15.6. The molecule has 3 fully saturated rings. The smallest absolute Gasteiger partial charge is 0.155 e. The number of fused-ring (bicyclic) bond motifs is 5. The summed E-state index contributed by atoms with van der Waals surface area (Å²) in [6.45, 7) is 6.28. The number of hydrogen-bond donors (Lipinski definition) is 1.